The Morgan fingerprint density at radius 1 is 0.368 bits per heavy atom. The number of rotatable bonds is 6. The zero-order valence-electron chi connectivity index (χ0n) is 30.6. The number of ether oxygens (including phenoxy) is 2. The normalized spacial score (nSPS) is 13.0. The summed E-state index contributed by atoms with van der Waals surface area (Å²) in [6.07, 6.45) is 1.75. The maximum atomic E-state index is 7.11. The number of fused-ring (bicyclic) bond motifs is 6. The van der Waals surface area contributed by atoms with E-state index in [1.807, 2.05) is 72.8 Å². The van der Waals surface area contributed by atoms with Crippen molar-refractivity contribution in [1.29, 1.82) is 0 Å². The van der Waals surface area contributed by atoms with Crippen LogP contribution in [0.2, 0.25) is 0 Å². The maximum Gasteiger partial charge on any atom is 0.182 e. The molecule has 0 atom stereocenters. The third-order valence-electron chi connectivity index (χ3n) is 11.0. The highest BCUT2D eigenvalue weighted by molar-refractivity contribution is 5.92. The molecule has 9 aromatic rings. The Morgan fingerprint density at radius 2 is 0.947 bits per heavy atom. The van der Waals surface area contributed by atoms with E-state index in [0.29, 0.717) is 46.2 Å². The second-order valence-corrected chi connectivity index (χ2v) is 14.1. The van der Waals surface area contributed by atoms with Gasteiger partial charge < -0.3 is 9.47 Å². The molecule has 0 saturated carbocycles. The highest BCUT2D eigenvalue weighted by atomic mass is 16.6. The molecule has 1 aliphatic carbocycles. The van der Waals surface area contributed by atoms with Gasteiger partial charge in [0.05, 0.1) is 5.41 Å². The molecule has 0 saturated heterocycles. The molecular weight excluding hydrogens is 701 g/mol. The lowest BCUT2D eigenvalue weighted by molar-refractivity contribution is 0.361. The minimum absolute atomic E-state index is 0.516. The first-order chi connectivity index (χ1) is 28.3. The Bertz CT molecular complexity index is 2840. The summed E-state index contributed by atoms with van der Waals surface area (Å²) in [6.45, 7) is 0. The largest absolute Gasteiger partial charge is 0.449 e. The molecule has 0 bridgehead atoms. The van der Waals surface area contributed by atoms with E-state index >= 15 is 0 Å². The van der Waals surface area contributed by atoms with Crippen molar-refractivity contribution in [2.45, 2.75) is 5.41 Å². The minimum atomic E-state index is -0.547. The van der Waals surface area contributed by atoms with E-state index in [0.717, 1.165) is 38.9 Å². The summed E-state index contributed by atoms with van der Waals surface area (Å²) in [5.41, 5.74) is 10.7. The van der Waals surface area contributed by atoms with Gasteiger partial charge in [-0.3, -0.25) is 4.98 Å². The van der Waals surface area contributed by atoms with Crippen molar-refractivity contribution in [2.24, 2.45) is 0 Å². The summed E-state index contributed by atoms with van der Waals surface area (Å²) in [5, 5.41) is 0. The number of benzene rings is 7. The summed E-state index contributed by atoms with van der Waals surface area (Å²) < 4.78 is 13.8. The van der Waals surface area contributed by atoms with Gasteiger partial charge in [0.1, 0.15) is 5.69 Å². The number of nitrogens with zero attached hydrogens (tertiary/aromatic N) is 4. The minimum Gasteiger partial charge on any atom is -0.449 e. The molecular formula is C51H32N4O2. The summed E-state index contributed by atoms with van der Waals surface area (Å²) in [7, 11) is 0. The van der Waals surface area contributed by atoms with Gasteiger partial charge in [-0.2, -0.15) is 0 Å². The van der Waals surface area contributed by atoms with Gasteiger partial charge in [-0.25, -0.2) is 15.0 Å². The molecule has 7 aromatic carbocycles. The van der Waals surface area contributed by atoms with Crippen LogP contribution in [0, 0.1) is 0 Å². The molecule has 11 rings (SSSR count). The zero-order chi connectivity index (χ0) is 37.8. The maximum absolute atomic E-state index is 7.11. The summed E-state index contributed by atoms with van der Waals surface area (Å²) in [4.78, 5) is 19.1. The number of hydrogen-bond donors (Lipinski definition) is 0. The Kier molecular flexibility index (Phi) is 7.60. The number of pyridine rings is 1. The van der Waals surface area contributed by atoms with Crippen molar-refractivity contribution in [2.75, 3.05) is 0 Å². The van der Waals surface area contributed by atoms with Crippen LogP contribution in [0.3, 0.4) is 0 Å². The van der Waals surface area contributed by atoms with Crippen molar-refractivity contribution in [3.63, 3.8) is 0 Å². The molecule has 0 N–H and O–H groups in total. The molecule has 1 aliphatic heterocycles. The summed E-state index contributed by atoms with van der Waals surface area (Å²) in [6, 6.07) is 64.5. The highest BCUT2D eigenvalue weighted by Crippen LogP contribution is 2.62. The average Bonchev–Trinajstić information content (AvgIpc) is 3.61. The average molecular weight is 733 g/mol. The molecule has 268 valence electrons. The van der Waals surface area contributed by atoms with E-state index in [-0.39, 0.29) is 0 Å². The molecule has 2 aliphatic rings. The van der Waals surface area contributed by atoms with E-state index in [4.69, 9.17) is 24.4 Å². The zero-order valence-corrected chi connectivity index (χ0v) is 30.6. The summed E-state index contributed by atoms with van der Waals surface area (Å²) >= 11 is 0. The number of aromatic nitrogens is 4. The molecule has 2 aromatic heterocycles. The second kappa shape index (κ2) is 13.3. The lowest BCUT2D eigenvalue weighted by Gasteiger charge is -2.34. The topological polar surface area (TPSA) is 70.0 Å². The van der Waals surface area contributed by atoms with E-state index in [2.05, 4.69) is 120 Å². The highest BCUT2D eigenvalue weighted by Gasteiger charge is 2.48. The van der Waals surface area contributed by atoms with Crippen LogP contribution >= 0.6 is 0 Å². The van der Waals surface area contributed by atoms with E-state index in [1.54, 1.807) is 6.20 Å². The smallest absolute Gasteiger partial charge is 0.182 e. The standard InChI is InChI=1S/C51H32N4O2/c1-4-15-34(16-5-1)48-53-49(55-50(54-48)42-24-12-13-32-52-42)35-28-26-33(27-29-35)38-22-14-25-43-46(38)57-47-44(56-43)31-30-41-45(47)39-21-10-11-23-40(39)51(41,36-17-6-2-7-18-36)37-19-8-3-9-20-37/h1-32H. The number of hydrogen-bond acceptors (Lipinski definition) is 6. The summed E-state index contributed by atoms with van der Waals surface area (Å²) in [5.74, 6) is 4.41. The molecule has 0 amide bonds. The van der Waals surface area contributed by atoms with Gasteiger partial charge in [-0.15, -0.1) is 0 Å². The van der Waals surface area contributed by atoms with Crippen LogP contribution < -0.4 is 9.47 Å². The van der Waals surface area contributed by atoms with Gasteiger partial charge in [-0.1, -0.05) is 164 Å². The molecule has 6 heteroatoms. The fraction of sp³-hybridized carbons (Fsp3) is 0.0196. The van der Waals surface area contributed by atoms with Crippen LogP contribution in [0.1, 0.15) is 22.3 Å². The van der Waals surface area contributed by atoms with Gasteiger partial charge in [0.2, 0.25) is 0 Å². The lowest BCUT2D eigenvalue weighted by atomic mass is 9.68. The Labute approximate surface area is 329 Å². The SMILES string of the molecule is c1ccc(-c2nc(-c3ccc(-c4cccc5c4Oc4c(ccc6c4-c4ccccc4C6(c4ccccc4)c4ccccc4)O5)cc3)nc(-c3ccccn3)n2)cc1. The van der Waals surface area contributed by atoms with Crippen molar-refractivity contribution in [3.05, 3.63) is 217 Å². The molecule has 0 spiro atoms. The van der Waals surface area contributed by atoms with Crippen LogP contribution in [0.15, 0.2) is 194 Å². The quantitative estimate of drug-likeness (QED) is 0.169. The fourth-order valence-electron chi connectivity index (χ4n) is 8.44. The fourth-order valence-corrected chi connectivity index (χ4v) is 8.44. The first kappa shape index (κ1) is 32.7. The first-order valence-electron chi connectivity index (χ1n) is 19.0. The Hall–Kier alpha value is -7.70. The van der Waals surface area contributed by atoms with Crippen LogP contribution in [-0.4, -0.2) is 19.9 Å². The predicted octanol–water partition coefficient (Wildman–Crippen LogP) is 12.2. The first-order valence-corrected chi connectivity index (χ1v) is 19.0. The Balaban J connectivity index is 1.02. The van der Waals surface area contributed by atoms with Crippen molar-refractivity contribution in [1.82, 2.24) is 19.9 Å². The molecule has 0 unspecified atom stereocenters. The lowest BCUT2D eigenvalue weighted by Crippen LogP contribution is -2.28. The van der Waals surface area contributed by atoms with Gasteiger partial charge in [0.15, 0.2) is 40.5 Å². The molecule has 3 heterocycles. The second-order valence-electron chi connectivity index (χ2n) is 14.1. The van der Waals surface area contributed by atoms with Crippen LogP contribution in [0.4, 0.5) is 0 Å². The number of para-hydroxylation sites is 1. The van der Waals surface area contributed by atoms with Crippen LogP contribution in [0.25, 0.3) is 56.5 Å². The van der Waals surface area contributed by atoms with Crippen molar-refractivity contribution in [3.8, 4) is 79.5 Å². The third kappa shape index (κ3) is 5.26. The molecule has 0 radical (unpaired) electrons. The van der Waals surface area contributed by atoms with Crippen LogP contribution in [-0.2, 0) is 5.41 Å². The monoisotopic (exact) mass is 732 g/mol. The van der Waals surface area contributed by atoms with E-state index in [1.165, 1.54) is 16.7 Å². The van der Waals surface area contributed by atoms with E-state index in [9.17, 15) is 0 Å². The third-order valence-corrected chi connectivity index (χ3v) is 11.0. The van der Waals surface area contributed by atoms with Crippen LogP contribution in [0.5, 0.6) is 23.0 Å². The predicted molar refractivity (Wildman–Crippen MR) is 223 cm³/mol. The molecule has 57 heavy (non-hydrogen) atoms. The van der Waals surface area contributed by atoms with Gasteiger partial charge in [-0.05, 0) is 57.6 Å². The van der Waals surface area contributed by atoms with Gasteiger partial charge in [0.25, 0.3) is 0 Å². The van der Waals surface area contributed by atoms with Crippen molar-refractivity contribution < 1.29 is 9.47 Å². The Morgan fingerprint density at radius 3 is 1.65 bits per heavy atom. The van der Waals surface area contributed by atoms with Crippen molar-refractivity contribution >= 4 is 0 Å². The molecule has 0 fully saturated rings. The van der Waals surface area contributed by atoms with E-state index < -0.39 is 5.41 Å². The molecule has 6 nitrogen and oxygen atoms in total. The van der Waals surface area contributed by atoms with Gasteiger partial charge in [0, 0.05) is 28.5 Å². The van der Waals surface area contributed by atoms with Gasteiger partial charge >= 0.3 is 0 Å².